The van der Waals surface area contributed by atoms with Crippen molar-refractivity contribution < 1.29 is 13.5 Å². The molecule has 0 amide bonds. The maximum atomic E-state index is 12.0. The maximum absolute atomic E-state index is 12.0. The summed E-state index contributed by atoms with van der Waals surface area (Å²) in [6, 6.07) is 4.45. The van der Waals surface area contributed by atoms with E-state index in [0.717, 1.165) is 0 Å². The van der Waals surface area contributed by atoms with Crippen LogP contribution in [-0.2, 0) is 10.0 Å². The third-order valence-electron chi connectivity index (χ3n) is 2.44. The molecule has 0 aromatic heterocycles. The zero-order valence-corrected chi connectivity index (χ0v) is 12.4. The monoisotopic (exact) mass is 311 g/mol. The summed E-state index contributed by atoms with van der Waals surface area (Å²) in [7, 11) is -3.82. The van der Waals surface area contributed by atoms with E-state index in [1.165, 1.54) is 12.1 Å². The smallest absolute Gasteiger partial charge is 0.243 e. The molecule has 1 aromatic rings. The number of halogens is 2. The molecule has 0 saturated carbocycles. The molecule has 0 saturated heterocycles. The fourth-order valence-corrected chi connectivity index (χ4v) is 3.43. The highest BCUT2D eigenvalue weighted by atomic mass is 35.5. The van der Waals surface area contributed by atoms with E-state index in [9.17, 15) is 13.5 Å². The minimum Gasteiger partial charge on any atom is -0.391 e. The first-order valence-corrected chi connectivity index (χ1v) is 7.61. The molecule has 1 aromatic carbocycles. The van der Waals surface area contributed by atoms with Crippen LogP contribution in [0.3, 0.4) is 0 Å². The average molecular weight is 312 g/mol. The Morgan fingerprint density at radius 3 is 2.22 bits per heavy atom. The van der Waals surface area contributed by atoms with E-state index in [4.69, 9.17) is 23.2 Å². The Morgan fingerprint density at radius 1 is 1.28 bits per heavy atom. The second-order valence-corrected chi connectivity index (χ2v) is 6.73. The molecule has 18 heavy (non-hydrogen) atoms. The van der Waals surface area contributed by atoms with Crippen molar-refractivity contribution in [1.29, 1.82) is 0 Å². The summed E-state index contributed by atoms with van der Waals surface area (Å²) in [6.07, 6.45) is -0.763. The van der Waals surface area contributed by atoms with Crippen LogP contribution >= 0.6 is 23.2 Å². The van der Waals surface area contributed by atoms with Crippen LogP contribution in [0, 0.1) is 5.92 Å². The lowest BCUT2D eigenvalue weighted by atomic mass is 10.1. The van der Waals surface area contributed by atoms with Gasteiger partial charge in [0.1, 0.15) is 4.90 Å². The van der Waals surface area contributed by atoms with Gasteiger partial charge >= 0.3 is 0 Å². The topological polar surface area (TPSA) is 66.4 Å². The summed E-state index contributed by atoms with van der Waals surface area (Å²) in [5.41, 5.74) is 0. The van der Waals surface area contributed by atoms with Gasteiger partial charge in [-0.1, -0.05) is 43.1 Å². The van der Waals surface area contributed by atoms with Gasteiger partial charge in [-0.15, -0.1) is 0 Å². The molecule has 0 aliphatic rings. The number of nitrogens with one attached hydrogen (secondary N) is 1. The van der Waals surface area contributed by atoms with Gasteiger partial charge in [-0.25, -0.2) is 13.1 Å². The van der Waals surface area contributed by atoms with E-state index in [0.29, 0.717) is 0 Å². The van der Waals surface area contributed by atoms with Crippen LogP contribution in [-0.4, -0.2) is 26.2 Å². The molecule has 0 bridgehead atoms. The van der Waals surface area contributed by atoms with E-state index < -0.39 is 16.1 Å². The quantitative estimate of drug-likeness (QED) is 0.876. The first kappa shape index (κ1) is 15.7. The second-order valence-electron chi connectivity index (χ2n) is 4.21. The van der Waals surface area contributed by atoms with Gasteiger partial charge in [0, 0.05) is 6.54 Å². The van der Waals surface area contributed by atoms with Crippen molar-refractivity contribution in [2.45, 2.75) is 24.8 Å². The van der Waals surface area contributed by atoms with Crippen LogP contribution in [0.25, 0.3) is 0 Å². The number of hydrogen-bond donors (Lipinski definition) is 2. The van der Waals surface area contributed by atoms with Crippen molar-refractivity contribution in [1.82, 2.24) is 4.72 Å². The third kappa shape index (κ3) is 3.83. The van der Waals surface area contributed by atoms with E-state index >= 15 is 0 Å². The van der Waals surface area contributed by atoms with Crippen molar-refractivity contribution in [3.05, 3.63) is 28.2 Å². The Labute approximate surface area is 117 Å². The molecule has 0 fully saturated rings. The van der Waals surface area contributed by atoms with Gasteiger partial charge in [-0.2, -0.15) is 0 Å². The Balaban J connectivity index is 2.94. The molecule has 0 aliphatic carbocycles. The number of rotatable bonds is 5. The molecule has 1 rings (SSSR count). The van der Waals surface area contributed by atoms with Crippen LogP contribution in [0.2, 0.25) is 10.0 Å². The molecule has 0 heterocycles. The van der Waals surface area contributed by atoms with Crippen molar-refractivity contribution in [3.63, 3.8) is 0 Å². The molecule has 0 spiro atoms. The first-order valence-electron chi connectivity index (χ1n) is 5.37. The fourth-order valence-electron chi connectivity index (χ4n) is 1.24. The summed E-state index contributed by atoms with van der Waals surface area (Å²) >= 11 is 11.7. The van der Waals surface area contributed by atoms with E-state index in [1.54, 1.807) is 19.9 Å². The minimum atomic E-state index is -3.82. The molecule has 1 unspecified atom stereocenters. The van der Waals surface area contributed by atoms with Crippen LogP contribution in [0.1, 0.15) is 13.8 Å². The predicted molar refractivity (Wildman–Crippen MR) is 72.5 cm³/mol. The van der Waals surface area contributed by atoms with Gasteiger partial charge in [-0.3, -0.25) is 0 Å². The number of aliphatic hydroxyl groups is 1. The Morgan fingerprint density at radius 2 is 1.78 bits per heavy atom. The summed E-state index contributed by atoms with van der Waals surface area (Å²) in [5, 5.41) is 9.68. The average Bonchev–Trinajstić information content (AvgIpc) is 2.25. The third-order valence-corrected chi connectivity index (χ3v) is 4.82. The molecule has 102 valence electrons. The summed E-state index contributed by atoms with van der Waals surface area (Å²) < 4.78 is 26.3. The van der Waals surface area contributed by atoms with E-state index in [1.807, 2.05) is 0 Å². The van der Waals surface area contributed by atoms with Gasteiger partial charge in [0.2, 0.25) is 10.0 Å². The zero-order chi connectivity index (χ0) is 13.9. The molecule has 2 N–H and O–H groups in total. The van der Waals surface area contributed by atoms with Crippen LogP contribution < -0.4 is 4.72 Å². The van der Waals surface area contributed by atoms with Crippen molar-refractivity contribution in [2.24, 2.45) is 5.92 Å². The highest BCUT2D eigenvalue weighted by Gasteiger charge is 2.22. The van der Waals surface area contributed by atoms with Crippen LogP contribution in [0.5, 0.6) is 0 Å². The van der Waals surface area contributed by atoms with Gasteiger partial charge in [0.05, 0.1) is 16.1 Å². The molecule has 1 atom stereocenters. The molecular formula is C11H15Cl2NO3S. The van der Waals surface area contributed by atoms with Gasteiger partial charge in [-0.05, 0) is 18.1 Å². The standard InChI is InChI=1S/C11H15Cl2NO3S/c1-7(2)10(15)6-14-18(16,17)11-8(12)4-3-5-9(11)13/h3-5,7,10,14-15H,6H2,1-2H3. The lowest BCUT2D eigenvalue weighted by Crippen LogP contribution is -2.35. The summed E-state index contributed by atoms with van der Waals surface area (Å²) in [5.74, 6) is -0.0468. The number of sulfonamides is 1. The van der Waals surface area contributed by atoms with Crippen molar-refractivity contribution in [2.75, 3.05) is 6.54 Å². The molecule has 0 aliphatic heterocycles. The van der Waals surface area contributed by atoms with Crippen LogP contribution in [0.4, 0.5) is 0 Å². The normalized spacial score (nSPS) is 13.9. The number of benzene rings is 1. The highest BCUT2D eigenvalue weighted by molar-refractivity contribution is 7.89. The SMILES string of the molecule is CC(C)C(O)CNS(=O)(=O)c1c(Cl)cccc1Cl. The predicted octanol–water partition coefficient (Wildman–Crippen LogP) is 2.29. The fraction of sp³-hybridized carbons (Fsp3) is 0.455. The molecule has 4 nitrogen and oxygen atoms in total. The molecule has 0 radical (unpaired) electrons. The molecular weight excluding hydrogens is 297 g/mol. The summed E-state index contributed by atoms with van der Waals surface area (Å²) in [4.78, 5) is -0.163. The Kier molecular flexibility index (Phi) is 5.43. The highest BCUT2D eigenvalue weighted by Crippen LogP contribution is 2.28. The van der Waals surface area contributed by atoms with Gasteiger partial charge in [0.25, 0.3) is 0 Å². The number of aliphatic hydroxyl groups excluding tert-OH is 1. The van der Waals surface area contributed by atoms with Crippen molar-refractivity contribution in [3.8, 4) is 0 Å². The number of hydrogen-bond acceptors (Lipinski definition) is 3. The van der Waals surface area contributed by atoms with Gasteiger partial charge < -0.3 is 5.11 Å². The molecule has 7 heteroatoms. The Hall–Kier alpha value is -0.330. The van der Waals surface area contributed by atoms with Crippen LogP contribution in [0.15, 0.2) is 23.1 Å². The first-order chi connectivity index (χ1) is 8.25. The van der Waals surface area contributed by atoms with Gasteiger partial charge in [0.15, 0.2) is 0 Å². The largest absolute Gasteiger partial charge is 0.391 e. The lowest BCUT2D eigenvalue weighted by molar-refractivity contribution is 0.129. The van der Waals surface area contributed by atoms with Crippen molar-refractivity contribution >= 4 is 33.2 Å². The van der Waals surface area contributed by atoms with E-state index in [2.05, 4.69) is 4.72 Å². The lowest BCUT2D eigenvalue weighted by Gasteiger charge is -2.16. The van der Waals surface area contributed by atoms with E-state index in [-0.39, 0.29) is 27.4 Å². The minimum absolute atomic E-state index is 0.0468. The second kappa shape index (κ2) is 6.21. The zero-order valence-electron chi connectivity index (χ0n) is 10.0. The maximum Gasteiger partial charge on any atom is 0.243 e. The summed E-state index contributed by atoms with van der Waals surface area (Å²) in [6.45, 7) is 3.50. The Bertz CT molecular complexity index is 497.